The van der Waals surface area contributed by atoms with E-state index in [2.05, 4.69) is 20.1 Å². The average Bonchev–Trinajstić information content (AvgIpc) is 3.19. The number of nitrogens with one attached hydrogen (secondary N) is 1. The maximum absolute atomic E-state index is 13.5. The Morgan fingerprint density at radius 3 is 1.89 bits per heavy atom. The third-order valence-corrected chi connectivity index (χ3v) is 7.24. The van der Waals surface area contributed by atoms with E-state index < -0.39 is 59.4 Å². The van der Waals surface area contributed by atoms with Crippen molar-refractivity contribution >= 4 is 23.8 Å². The van der Waals surface area contributed by atoms with Gasteiger partial charge in [0.1, 0.15) is 6.10 Å². The zero-order chi connectivity index (χ0) is 42.4. The summed E-state index contributed by atoms with van der Waals surface area (Å²) in [6, 6.07) is 0. The van der Waals surface area contributed by atoms with E-state index in [0.717, 1.165) is 0 Å². The lowest BCUT2D eigenvalue weighted by Gasteiger charge is -2.30. The molecule has 3 atom stereocenters. The normalized spacial score (nSPS) is 17.2. The van der Waals surface area contributed by atoms with Crippen molar-refractivity contribution in [1.29, 1.82) is 0 Å². The fourth-order valence-corrected chi connectivity index (χ4v) is 4.24. The lowest BCUT2D eigenvalue weighted by Crippen LogP contribution is -2.42. The molecule has 0 bridgehead atoms. The number of halogens is 5. The van der Waals surface area contributed by atoms with Gasteiger partial charge >= 0.3 is 5.97 Å². The van der Waals surface area contributed by atoms with Crippen molar-refractivity contribution in [2.75, 3.05) is 98.9 Å². The van der Waals surface area contributed by atoms with Crippen molar-refractivity contribution in [2.24, 2.45) is 15.9 Å². The number of carbonyl (C=O) groups is 2. The standard InChI is InChI=1S/C26H37F5N4O9.C7H15NO5/c27-21-22(28)24(30)26(25(31)23(21)29)44-20(38)3-8-40-12-11-39-7-2-19(37)34-5-10-42-14-16-43-15-13-41-9-4-33-17-18(35-32)1-6-36;9-6-3-5(1-2-8(11)12)13-4-7(6)10/h17,36H,1-16,32H2,(H,34,37);5-7,9-12H,1-4H2/b33-17?,35-18-;/t;5-,6?,7?/m.1/s1. The number of carbonyl (C=O) groups excluding carboxylic acids is 2. The Bertz CT molecular complexity index is 1330. The highest BCUT2D eigenvalue weighted by atomic mass is 19.2. The quantitative estimate of drug-likeness (QED) is 0.00674. The summed E-state index contributed by atoms with van der Waals surface area (Å²) in [6.07, 6.45) is 0.303. The Kier molecular flexibility index (Phi) is 28.4. The van der Waals surface area contributed by atoms with Crippen LogP contribution in [0.1, 0.15) is 32.1 Å². The summed E-state index contributed by atoms with van der Waals surface area (Å²) in [6.45, 7) is 2.86. The Hall–Kier alpha value is -3.53. The second kappa shape index (κ2) is 31.5. The molecule has 0 aromatic heterocycles. The molecule has 1 heterocycles. The van der Waals surface area contributed by atoms with Crippen LogP contribution in [0.3, 0.4) is 0 Å². The molecular formula is C33H52F5N5O14. The van der Waals surface area contributed by atoms with E-state index in [0.29, 0.717) is 71.1 Å². The minimum atomic E-state index is -2.36. The predicted molar refractivity (Wildman–Crippen MR) is 186 cm³/mol. The van der Waals surface area contributed by atoms with Gasteiger partial charge in [0.15, 0.2) is 0 Å². The first-order valence-electron chi connectivity index (χ1n) is 17.7. The fourth-order valence-electron chi connectivity index (χ4n) is 4.24. The van der Waals surface area contributed by atoms with Crippen LogP contribution in [-0.4, -0.2) is 172 Å². The van der Waals surface area contributed by atoms with Crippen LogP contribution in [0.2, 0.25) is 0 Å². The molecule has 328 valence electrons. The number of nitrogens with zero attached hydrogens (tertiary/aromatic N) is 3. The molecule has 57 heavy (non-hydrogen) atoms. The van der Waals surface area contributed by atoms with E-state index in [1.807, 2.05) is 0 Å². The topological polar surface area (TPSA) is 266 Å². The maximum Gasteiger partial charge on any atom is 0.313 e. The van der Waals surface area contributed by atoms with Crippen LogP contribution in [0.15, 0.2) is 10.1 Å². The fraction of sp³-hybridized carbons (Fsp3) is 0.697. The van der Waals surface area contributed by atoms with Crippen molar-refractivity contribution < 1.29 is 90.4 Å². The van der Waals surface area contributed by atoms with Crippen molar-refractivity contribution in [1.82, 2.24) is 10.5 Å². The van der Waals surface area contributed by atoms with Gasteiger partial charge < -0.3 is 59.6 Å². The maximum atomic E-state index is 13.5. The molecule has 1 aliphatic rings. The van der Waals surface area contributed by atoms with E-state index in [-0.39, 0.29) is 76.5 Å². The number of esters is 1. The first-order chi connectivity index (χ1) is 27.3. The van der Waals surface area contributed by atoms with Crippen LogP contribution in [0.25, 0.3) is 0 Å². The van der Waals surface area contributed by atoms with E-state index >= 15 is 0 Å². The van der Waals surface area contributed by atoms with Gasteiger partial charge in [0.25, 0.3) is 0 Å². The number of aliphatic hydroxyl groups excluding tert-OH is 3. The van der Waals surface area contributed by atoms with E-state index in [4.69, 9.17) is 54.9 Å². The summed E-state index contributed by atoms with van der Waals surface area (Å²) >= 11 is 0. The molecule has 1 amide bonds. The lowest BCUT2D eigenvalue weighted by atomic mass is 10.0. The number of hydrogen-bond donors (Lipinski definition) is 7. The number of hydroxylamine groups is 2. The molecule has 2 rings (SSSR count). The monoisotopic (exact) mass is 837 g/mol. The first kappa shape index (κ1) is 51.5. The van der Waals surface area contributed by atoms with Crippen molar-refractivity contribution in [3.05, 3.63) is 29.1 Å². The highest BCUT2D eigenvalue weighted by Gasteiger charge is 2.29. The van der Waals surface area contributed by atoms with Gasteiger partial charge in [-0.3, -0.25) is 25.0 Å². The van der Waals surface area contributed by atoms with Gasteiger partial charge in [0.05, 0.1) is 110 Å². The van der Waals surface area contributed by atoms with Crippen molar-refractivity contribution in [3.8, 4) is 5.75 Å². The third-order valence-electron chi connectivity index (χ3n) is 7.24. The predicted octanol–water partition coefficient (Wildman–Crippen LogP) is 0.00240. The summed E-state index contributed by atoms with van der Waals surface area (Å²) in [5.74, 6) is -9.40. The molecule has 19 nitrogen and oxygen atoms in total. The van der Waals surface area contributed by atoms with Crippen LogP contribution in [0.5, 0.6) is 5.75 Å². The molecule has 24 heteroatoms. The molecule has 0 saturated carbocycles. The van der Waals surface area contributed by atoms with E-state index in [1.54, 1.807) is 0 Å². The molecule has 8 N–H and O–H groups in total. The summed E-state index contributed by atoms with van der Waals surface area (Å²) < 4.78 is 102. The summed E-state index contributed by atoms with van der Waals surface area (Å²) in [5, 5.41) is 50.2. The van der Waals surface area contributed by atoms with Gasteiger partial charge in [-0.15, -0.1) is 0 Å². The molecule has 1 aromatic carbocycles. The molecule has 0 aliphatic carbocycles. The lowest BCUT2D eigenvalue weighted by molar-refractivity contribution is -0.309. The molecular weight excluding hydrogens is 785 g/mol. The molecule has 0 radical (unpaired) electrons. The van der Waals surface area contributed by atoms with Gasteiger partial charge in [-0.2, -0.15) is 13.9 Å². The van der Waals surface area contributed by atoms with Crippen LogP contribution < -0.4 is 15.9 Å². The number of ether oxygens (including phenoxy) is 7. The molecule has 2 unspecified atom stereocenters. The Labute approximate surface area is 325 Å². The Morgan fingerprint density at radius 1 is 0.789 bits per heavy atom. The Morgan fingerprint density at radius 2 is 1.33 bits per heavy atom. The molecule has 1 saturated heterocycles. The van der Waals surface area contributed by atoms with Crippen LogP contribution in [0.4, 0.5) is 22.0 Å². The van der Waals surface area contributed by atoms with Gasteiger partial charge in [0, 0.05) is 38.6 Å². The number of aliphatic imine (C=N–C) groups is 1. The second-order valence-corrected chi connectivity index (χ2v) is 11.6. The van der Waals surface area contributed by atoms with Crippen LogP contribution in [0, 0.1) is 29.1 Å². The minimum absolute atomic E-state index is 0.00582. The van der Waals surface area contributed by atoms with E-state index in [1.165, 1.54) is 6.21 Å². The number of benzene rings is 1. The van der Waals surface area contributed by atoms with E-state index in [9.17, 15) is 36.6 Å². The molecule has 1 aromatic rings. The number of aliphatic hydroxyl groups is 3. The number of hydrogen-bond acceptors (Lipinski definition) is 18. The number of nitrogens with two attached hydrogens (primary N) is 1. The highest BCUT2D eigenvalue weighted by Crippen LogP contribution is 2.29. The SMILES string of the molecule is N/N=C(\C=NCCOCCOCCOCCNC(=O)CCOCCOCCC(=O)Oc1c(F)c(F)c(F)c(F)c1F)CCO.OC1CO[C@H](CCN(O)O)CC1O. The minimum Gasteiger partial charge on any atom is -0.420 e. The molecule has 0 spiro atoms. The number of amides is 1. The summed E-state index contributed by atoms with van der Waals surface area (Å²) in [5.41, 5.74) is 0.499. The number of rotatable bonds is 28. The summed E-state index contributed by atoms with van der Waals surface area (Å²) in [7, 11) is 0. The van der Waals surface area contributed by atoms with Crippen LogP contribution in [-0.2, 0) is 38.0 Å². The first-order valence-corrected chi connectivity index (χ1v) is 17.7. The van der Waals surface area contributed by atoms with Crippen molar-refractivity contribution in [2.45, 2.75) is 50.4 Å². The van der Waals surface area contributed by atoms with Gasteiger partial charge in [-0.25, -0.2) is 13.2 Å². The van der Waals surface area contributed by atoms with Gasteiger partial charge in [-0.1, -0.05) is 5.23 Å². The zero-order valence-electron chi connectivity index (χ0n) is 31.2. The third kappa shape index (κ3) is 23.5. The van der Waals surface area contributed by atoms with Gasteiger partial charge in [0.2, 0.25) is 40.7 Å². The second-order valence-electron chi connectivity index (χ2n) is 11.6. The average molecular weight is 838 g/mol. The highest BCUT2D eigenvalue weighted by molar-refractivity contribution is 6.30. The molecule has 1 aliphatic heterocycles. The van der Waals surface area contributed by atoms with Crippen LogP contribution >= 0.6 is 0 Å². The van der Waals surface area contributed by atoms with Gasteiger partial charge in [-0.05, 0) is 6.42 Å². The van der Waals surface area contributed by atoms with Crippen molar-refractivity contribution in [3.63, 3.8) is 0 Å². The zero-order valence-corrected chi connectivity index (χ0v) is 31.2. The number of hydrazone groups is 1. The molecule has 1 fully saturated rings. The largest absolute Gasteiger partial charge is 0.420 e. The smallest absolute Gasteiger partial charge is 0.313 e. The Balaban J connectivity index is 0.00000105. The summed E-state index contributed by atoms with van der Waals surface area (Å²) in [4.78, 5) is 27.5.